The van der Waals surface area contributed by atoms with E-state index in [4.69, 9.17) is 23.2 Å². The van der Waals surface area contributed by atoms with Crippen LogP contribution in [0.15, 0.2) is 35.7 Å². The van der Waals surface area contributed by atoms with E-state index < -0.39 is 0 Å². The molecule has 2 rings (SSSR count). The third kappa shape index (κ3) is 3.72. The van der Waals surface area contributed by atoms with Crippen LogP contribution in [0.5, 0.6) is 0 Å². The average Bonchev–Trinajstić information content (AvgIpc) is 2.78. The fraction of sp³-hybridized carbons (Fsp3) is 0.286. The van der Waals surface area contributed by atoms with E-state index in [1.165, 1.54) is 10.4 Å². The molecule has 96 valence electrons. The first-order valence-electron chi connectivity index (χ1n) is 5.90. The fourth-order valence-corrected chi connectivity index (χ4v) is 3.01. The second-order valence-electron chi connectivity index (χ2n) is 4.12. The summed E-state index contributed by atoms with van der Waals surface area (Å²) in [6, 6.07) is 10.4. The highest BCUT2D eigenvalue weighted by molar-refractivity contribution is 7.10. The molecule has 1 N–H and O–H groups in total. The van der Waals surface area contributed by atoms with E-state index in [0.29, 0.717) is 6.04 Å². The van der Waals surface area contributed by atoms with E-state index in [2.05, 4.69) is 24.4 Å². The molecule has 0 saturated carbocycles. The minimum Gasteiger partial charge on any atom is -0.305 e. The summed E-state index contributed by atoms with van der Waals surface area (Å²) >= 11 is 13.5. The van der Waals surface area contributed by atoms with Crippen LogP contribution in [0.2, 0.25) is 10.0 Å². The highest BCUT2D eigenvalue weighted by Crippen LogP contribution is 2.22. The van der Waals surface area contributed by atoms with Gasteiger partial charge in [-0.15, -0.1) is 11.3 Å². The number of rotatable bonds is 5. The lowest BCUT2D eigenvalue weighted by molar-refractivity contribution is 0.522. The van der Waals surface area contributed by atoms with Crippen LogP contribution < -0.4 is 5.32 Å². The zero-order valence-electron chi connectivity index (χ0n) is 10.1. The second kappa shape index (κ2) is 6.58. The first-order chi connectivity index (χ1) is 8.69. The van der Waals surface area contributed by atoms with Crippen molar-refractivity contribution in [3.8, 4) is 0 Å². The molecule has 1 nitrogen and oxygen atoms in total. The van der Waals surface area contributed by atoms with E-state index >= 15 is 0 Å². The molecular weight excluding hydrogens is 285 g/mol. The first kappa shape index (κ1) is 13.9. The molecule has 0 spiro atoms. The van der Waals surface area contributed by atoms with Crippen molar-refractivity contribution in [2.24, 2.45) is 0 Å². The molecule has 0 aliphatic carbocycles. The predicted octanol–water partition coefficient (Wildman–Crippen LogP) is 5.30. The van der Waals surface area contributed by atoms with Crippen LogP contribution in [0.3, 0.4) is 0 Å². The predicted molar refractivity (Wildman–Crippen MR) is 80.7 cm³/mol. The van der Waals surface area contributed by atoms with E-state index in [1.54, 1.807) is 11.3 Å². The van der Waals surface area contributed by atoms with Gasteiger partial charge in [0.25, 0.3) is 0 Å². The Kier molecular flexibility index (Phi) is 5.07. The number of hydrogen-bond acceptors (Lipinski definition) is 2. The minimum atomic E-state index is 0.350. The van der Waals surface area contributed by atoms with Crippen molar-refractivity contribution >= 4 is 34.5 Å². The monoisotopic (exact) mass is 299 g/mol. The Labute approximate surface area is 122 Å². The molecule has 1 aromatic carbocycles. The number of halogens is 2. The molecule has 1 atom stereocenters. The fourth-order valence-electron chi connectivity index (χ4n) is 1.86. The number of thiophene rings is 1. The van der Waals surface area contributed by atoms with Crippen molar-refractivity contribution in [1.82, 2.24) is 5.32 Å². The summed E-state index contributed by atoms with van der Waals surface area (Å²) in [5.41, 5.74) is 1.27. The summed E-state index contributed by atoms with van der Waals surface area (Å²) in [5, 5.41) is 7.10. The third-order valence-electron chi connectivity index (χ3n) is 2.83. The van der Waals surface area contributed by atoms with Gasteiger partial charge in [0.15, 0.2) is 0 Å². The van der Waals surface area contributed by atoms with Crippen molar-refractivity contribution in [2.75, 3.05) is 0 Å². The largest absolute Gasteiger partial charge is 0.305 e. The van der Waals surface area contributed by atoms with Crippen LogP contribution in [-0.2, 0) is 6.54 Å². The maximum absolute atomic E-state index is 5.91. The summed E-state index contributed by atoms with van der Waals surface area (Å²) in [5.74, 6) is 0. The summed E-state index contributed by atoms with van der Waals surface area (Å²) in [6.07, 6.45) is 1.04. The van der Waals surface area contributed by atoms with E-state index in [9.17, 15) is 0 Å². The van der Waals surface area contributed by atoms with Gasteiger partial charge in [0.05, 0.1) is 5.02 Å². The molecule has 0 bridgehead atoms. The van der Waals surface area contributed by atoms with Crippen LogP contribution in [0.25, 0.3) is 0 Å². The Bertz CT molecular complexity index is 493. The molecule has 4 heteroatoms. The van der Waals surface area contributed by atoms with Gasteiger partial charge in [0.2, 0.25) is 0 Å². The van der Waals surface area contributed by atoms with Crippen LogP contribution in [0, 0.1) is 0 Å². The topological polar surface area (TPSA) is 12.0 Å². The van der Waals surface area contributed by atoms with E-state index in [1.807, 2.05) is 23.6 Å². The van der Waals surface area contributed by atoms with Crippen LogP contribution in [-0.4, -0.2) is 0 Å². The van der Waals surface area contributed by atoms with Gasteiger partial charge in [-0.1, -0.05) is 42.3 Å². The van der Waals surface area contributed by atoms with Crippen molar-refractivity contribution in [3.63, 3.8) is 0 Å². The number of benzene rings is 1. The lowest BCUT2D eigenvalue weighted by Gasteiger charge is -2.17. The van der Waals surface area contributed by atoms with E-state index in [0.717, 1.165) is 23.0 Å². The highest BCUT2D eigenvalue weighted by atomic mass is 35.5. The summed E-state index contributed by atoms with van der Waals surface area (Å²) < 4.78 is 0. The van der Waals surface area contributed by atoms with Gasteiger partial charge < -0.3 is 5.32 Å². The molecule has 0 aliphatic rings. The van der Waals surface area contributed by atoms with Gasteiger partial charge in [-0.3, -0.25) is 0 Å². The zero-order valence-corrected chi connectivity index (χ0v) is 12.4. The van der Waals surface area contributed by atoms with Crippen molar-refractivity contribution in [2.45, 2.75) is 25.9 Å². The van der Waals surface area contributed by atoms with Gasteiger partial charge in [-0.2, -0.15) is 0 Å². The lowest BCUT2D eigenvalue weighted by atomic mass is 10.0. The molecule has 18 heavy (non-hydrogen) atoms. The van der Waals surface area contributed by atoms with Crippen molar-refractivity contribution in [3.05, 3.63) is 56.2 Å². The van der Waals surface area contributed by atoms with Crippen LogP contribution in [0.4, 0.5) is 0 Å². The van der Waals surface area contributed by atoms with Crippen LogP contribution in [0.1, 0.15) is 29.8 Å². The Morgan fingerprint density at radius 2 is 1.89 bits per heavy atom. The molecule has 0 fully saturated rings. The minimum absolute atomic E-state index is 0.350. The molecule has 0 saturated heterocycles. The Balaban J connectivity index is 1.99. The van der Waals surface area contributed by atoms with Crippen molar-refractivity contribution in [1.29, 1.82) is 0 Å². The first-order valence-corrected chi connectivity index (χ1v) is 7.54. The maximum atomic E-state index is 5.91. The second-order valence-corrected chi connectivity index (χ2v) is 5.99. The Morgan fingerprint density at radius 1 is 1.17 bits per heavy atom. The Hall–Kier alpha value is -0.540. The smallest absolute Gasteiger partial charge is 0.0516 e. The van der Waals surface area contributed by atoms with Gasteiger partial charge >= 0.3 is 0 Å². The molecule has 1 heterocycles. The normalized spacial score (nSPS) is 12.6. The molecule has 1 unspecified atom stereocenters. The third-order valence-corrected chi connectivity index (χ3v) is 4.36. The zero-order chi connectivity index (χ0) is 13.0. The summed E-state index contributed by atoms with van der Waals surface area (Å²) in [4.78, 5) is 1.26. The quantitative estimate of drug-likeness (QED) is 0.790. The summed E-state index contributed by atoms with van der Waals surface area (Å²) in [7, 11) is 0. The molecule has 0 aliphatic heterocycles. The number of hydrogen-bond donors (Lipinski definition) is 1. The molecule has 0 radical (unpaired) electrons. The van der Waals surface area contributed by atoms with Gasteiger partial charge in [-0.05, 0) is 30.2 Å². The lowest BCUT2D eigenvalue weighted by Crippen LogP contribution is -2.19. The van der Waals surface area contributed by atoms with Crippen molar-refractivity contribution < 1.29 is 0 Å². The van der Waals surface area contributed by atoms with Gasteiger partial charge in [0.1, 0.15) is 0 Å². The molecule has 1 aromatic heterocycles. The highest BCUT2D eigenvalue weighted by Gasteiger charge is 2.09. The Morgan fingerprint density at radius 3 is 2.44 bits per heavy atom. The van der Waals surface area contributed by atoms with Gasteiger partial charge in [0, 0.05) is 27.9 Å². The van der Waals surface area contributed by atoms with Crippen LogP contribution >= 0.6 is 34.5 Å². The summed E-state index contributed by atoms with van der Waals surface area (Å²) in [6.45, 7) is 3.02. The van der Waals surface area contributed by atoms with Gasteiger partial charge in [-0.25, -0.2) is 0 Å². The standard InChI is InChI=1S/C14H15Cl2NS/c1-2-14(10-3-5-11(15)6-4-10)17-8-13-7-12(16)9-18-13/h3-7,9,14,17H,2,8H2,1H3. The maximum Gasteiger partial charge on any atom is 0.0516 e. The molecule has 0 amide bonds. The SMILES string of the molecule is CCC(NCc1cc(Cl)cs1)c1ccc(Cl)cc1. The molecular formula is C14H15Cl2NS. The average molecular weight is 300 g/mol. The number of nitrogens with one attached hydrogen (secondary N) is 1. The van der Waals surface area contributed by atoms with E-state index in [-0.39, 0.29) is 0 Å². The molecule has 2 aromatic rings.